The number of alkyl halides is 3. The van der Waals surface area contributed by atoms with Crippen molar-refractivity contribution in [1.82, 2.24) is 0 Å². The van der Waals surface area contributed by atoms with Crippen molar-refractivity contribution >= 4 is 28.0 Å². The number of aryl methyl sites for hydroxylation is 1. The molecule has 10 heteroatoms. The number of rotatable bonds is 3. The molecule has 0 N–H and O–H groups in total. The molecule has 4 aromatic carbocycles. The van der Waals surface area contributed by atoms with Crippen LogP contribution in [0.15, 0.2) is 84.2 Å². The lowest BCUT2D eigenvalue weighted by atomic mass is 9.83. The Morgan fingerprint density at radius 3 is 1.69 bits per heavy atom. The van der Waals surface area contributed by atoms with Crippen LogP contribution in [0.25, 0.3) is 59.1 Å². The minimum Gasteiger partial charge on any atom is -0.406 e. The average molecular weight is 629 g/mol. The summed E-state index contributed by atoms with van der Waals surface area (Å²) in [5, 5.41) is 30.4. The van der Waals surface area contributed by atoms with E-state index in [4.69, 9.17) is 19.7 Å². The van der Waals surface area contributed by atoms with E-state index in [0.717, 1.165) is 17.7 Å². The van der Waals surface area contributed by atoms with Crippen LogP contribution >= 0.6 is 0 Å². The second kappa shape index (κ2) is 11.5. The van der Waals surface area contributed by atoms with E-state index >= 15 is 0 Å². The van der Waals surface area contributed by atoms with Crippen molar-refractivity contribution in [3.05, 3.63) is 152 Å². The molecule has 0 radical (unpaired) electrons. The third kappa shape index (κ3) is 4.72. The summed E-state index contributed by atoms with van der Waals surface area (Å²) >= 11 is 0. The van der Waals surface area contributed by atoms with E-state index in [1.54, 1.807) is 48.5 Å². The van der Waals surface area contributed by atoms with Crippen molar-refractivity contribution in [2.45, 2.75) is 13.3 Å². The zero-order valence-corrected chi connectivity index (χ0v) is 24.7. The fourth-order valence-electron chi connectivity index (χ4n) is 6.30. The van der Waals surface area contributed by atoms with Gasteiger partial charge in [0.2, 0.25) is 0 Å². The Hall–Kier alpha value is -7.37. The molecule has 224 valence electrons. The quantitative estimate of drug-likeness (QED) is 0.167. The molecular weight excluding hydrogens is 613 g/mol. The molecule has 0 aromatic heterocycles. The molecule has 7 nitrogen and oxygen atoms in total. The zero-order chi connectivity index (χ0) is 34.3. The molecule has 0 amide bonds. The smallest absolute Gasteiger partial charge is 0.406 e. The number of halogens is 3. The van der Waals surface area contributed by atoms with E-state index in [1.165, 1.54) is 6.07 Å². The highest BCUT2D eigenvalue weighted by Crippen LogP contribution is 2.62. The molecule has 0 saturated heterocycles. The van der Waals surface area contributed by atoms with Crippen LogP contribution in [-0.2, 0) is 0 Å². The molecule has 0 fully saturated rings. The standard InChI is InChI=1S/C38H15F3N6O/c1-20-11-13-24(29(15-20)45-2)26-8-6-10-28-33(26)37(31(19-44)47-4)34-27-9-5-7-25(32(27)36(35(28)34)30(18-43)46-3)23-14-12-22(16-21(23)17-42)48-38(39,40)41/h5-16H,1H3/b36-30-,37-31+. The largest absolute Gasteiger partial charge is 0.573 e. The lowest BCUT2D eigenvalue weighted by molar-refractivity contribution is -0.274. The number of hydrogen-bond donors (Lipinski definition) is 0. The van der Waals surface area contributed by atoms with Gasteiger partial charge in [0, 0.05) is 16.7 Å². The lowest BCUT2D eigenvalue weighted by Crippen LogP contribution is -2.17. The first-order valence-corrected chi connectivity index (χ1v) is 14.0. The van der Waals surface area contributed by atoms with E-state index in [2.05, 4.69) is 19.3 Å². The van der Waals surface area contributed by atoms with Crippen LogP contribution < -0.4 is 4.74 Å². The SMILES string of the molecule is [C-]#[N+]/C(C#N)=C1C2=C(/C(=C(\C#N)[N+]#[C-])c3c2cccc3-c2ccc(C)cc2[N+]#[C-])c2cccc(-c3ccc(OC(F)(F)F)cc3C#N)c2\1. The van der Waals surface area contributed by atoms with Crippen molar-refractivity contribution in [2.24, 2.45) is 0 Å². The second-order valence-corrected chi connectivity index (χ2v) is 10.6. The molecule has 0 spiro atoms. The number of ether oxygens (including phenoxy) is 1. The fraction of sp³-hybridized carbons (Fsp3) is 0.0526. The van der Waals surface area contributed by atoms with Gasteiger partial charge in [0.25, 0.3) is 11.4 Å². The zero-order valence-electron chi connectivity index (χ0n) is 24.7. The van der Waals surface area contributed by atoms with Crippen LogP contribution in [0.1, 0.15) is 33.4 Å². The Labute approximate surface area is 272 Å². The van der Waals surface area contributed by atoms with Crippen molar-refractivity contribution < 1.29 is 17.9 Å². The summed E-state index contributed by atoms with van der Waals surface area (Å²) in [6.45, 7) is 25.5. The van der Waals surface area contributed by atoms with E-state index < -0.39 is 12.1 Å². The molecule has 0 bridgehead atoms. The number of nitrogens with zero attached hydrogens (tertiary/aromatic N) is 6. The number of fused-ring (bicyclic) bond motifs is 4. The Balaban J connectivity index is 1.71. The number of benzene rings is 4. The molecule has 48 heavy (non-hydrogen) atoms. The van der Waals surface area contributed by atoms with Gasteiger partial charge in [-0.2, -0.15) is 5.26 Å². The number of nitriles is 3. The summed E-state index contributed by atoms with van der Waals surface area (Å²) in [4.78, 5) is 10.8. The molecule has 0 atom stereocenters. The van der Waals surface area contributed by atoms with Gasteiger partial charge >= 0.3 is 6.36 Å². The molecule has 0 saturated carbocycles. The summed E-state index contributed by atoms with van der Waals surface area (Å²) < 4.78 is 42.9. The molecule has 4 aromatic rings. The maximum absolute atomic E-state index is 13.0. The molecule has 0 unspecified atom stereocenters. The van der Waals surface area contributed by atoms with Gasteiger partial charge in [-0.15, -0.1) is 13.2 Å². The Morgan fingerprint density at radius 1 is 0.688 bits per heavy atom. The molecule has 2 aliphatic rings. The van der Waals surface area contributed by atoms with Gasteiger partial charge in [-0.3, -0.25) is 0 Å². The Morgan fingerprint density at radius 2 is 1.21 bits per heavy atom. The summed E-state index contributed by atoms with van der Waals surface area (Å²) in [6.07, 6.45) is -4.98. The molecule has 0 heterocycles. The van der Waals surface area contributed by atoms with Gasteiger partial charge in [0.15, 0.2) is 5.69 Å². The van der Waals surface area contributed by atoms with E-state index in [1.807, 2.05) is 31.2 Å². The molecular formula is C38H15F3N6O. The first kappa shape index (κ1) is 30.6. The van der Waals surface area contributed by atoms with Crippen LogP contribution in [0.4, 0.5) is 18.9 Å². The minimum atomic E-state index is -4.98. The molecule has 0 aliphatic heterocycles. The summed E-state index contributed by atoms with van der Waals surface area (Å²) in [5.74, 6) is -0.595. The fourth-order valence-corrected chi connectivity index (χ4v) is 6.30. The normalized spacial score (nSPS) is 14.5. The van der Waals surface area contributed by atoms with Gasteiger partial charge < -0.3 is 4.74 Å². The van der Waals surface area contributed by atoms with Crippen LogP contribution in [-0.4, -0.2) is 6.36 Å². The van der Waals surface area contributed by atoms with E-state index in [-0.39, 0.29) is 33.7 Å². The second-order valence-electron chi connectivity index (χ2n) is 10.6. The van der Waals surface area contributed by atoms with E-state index in [0.29, 0.717) is 55.8 Å². The minimum absolute atomic E-state index is 0.152. The van der Waals surface area contributed by atoms with Gasteiger partial charge in [-0.25, -0.2) is 25.1 Å². The van der Waals surface area contributed by atoms with Gasteiger partial charge in [-0.05, 0) is 75.2 Å². The van der Waals surface area contributed by atoms with Crippen LogP contribution in [0, 0.1) is 60.6 Å². The van der Waals surface area contributed by atoms with Gasteiger partial charge in [0.05, 0.1) is 43.5 Å². The van der Waals surface area contributed by atoms with Crippen molar-refractivity contribution in [3.63, 3.8) is 0 Å². The monoisotopic (exact) mass is 628 g/mol. The van der Waals surface area contributed by atoms with Crippen molar-refractivity contribution in [2.75, 3.05) is 0 Å². The summed E-state index contributed by atoms with van der Waals surface area (Å²) in [7, 11) is 0. The first-order chi connectivity index (χ1) is 23.1. The summed E-state index contributed by atoms with van der Waals surface area (Å²) in [5.41, 5.74) is 5.32. The number of allylic oxidation sites excluding steroid dienone is 6. The predicted octanol–water partition coefficient (Wildman–Crippen LogP) is 9.90. The van der Waals surface area contributed by atoms with E-state index in [9.17, 15) is 29.0 Å². The highest BCUT2D eigenvalue weighted by atomic mass is 19.4. The van der Waals surface area contributed by atoms with Crippen molar-refractivity contribution in [3.8, 4) is 46.2 Å². The predicted molar refractivity (Wildman–Crippen MR) is 171 cm³/mol. The highest BCUT2D eigenvalue weighted by Gasteiger charge is 2.42. The van der Waals surface area contributed by atoms with Crippen LogP contribution in [0.3, 0.4) is 0 Å². The average Bonchev–Trinajstić information content (AvgIpc) is 3.59. The van der Waals surface area contributed by atoms with Crippen LogP contribution in [0.5, 0.6) is 5.75 Å². The first-order valence-electron chi connectivity index (χ1n) is 14.0. The highest BCUT2D eigenvalue weighted by molar-refractivity contribution is 6.39. The Bertz CT molecular complexity index is 2460. The summed E-state index contributed by atoms with van der Waals surface area (Å²) in [6, 6.07) is 24.8. The topological polar surface area (TPSA) is 93.7 Å². The lowest BCUT2D eigenvalue weighted by Gasteiger charge is -2.20. The van der Waals surface area contributed by atoms with Gasteiger partial charge in [-0.1, -0.05) is 60.2 Å². The van der Waals surface area contributed by atoms with Crippen LogP contribution in [0.2, 0.25) is 0 Å². The molecule has 2 aliphatic carbocycles. The molecule has 6 rings (SSSR count). The number of hydrogen-bond acceptors (Lipinski definition) is 4. The van der Waals surface area contributed by atoms with Crippen molar-refractivity contribution in [1.29, 1.82) is 15.8 Å². The third-order valence-corrected chi connectivity index (χ3v) is 8.03. The maximum Gasteiger partial charge on any atom is 0.573 e. The Kier molecular flexibility index (Phi) is 7.36. The van der Waals surface area contributed by atoms with Gasteiger partial charge in [0.1, 0.15) is 5.75 Å². The third-order valence-electron chi connectivity index (χ3n) is 8.03. The maximum atomic E-state index is 13.0.